The molecule has 0 N–H and O–H groups in total. The summed E-state index contributed by atoms with van der Waals surface area (Å²) in [6, 6.07) is 4.89. The van der Waals surface area contributed by atoms with Crippen molar-refractivity contribution in [1.29, 1.82) is 0 Å². The van der Waals surface area contributed by atoms with Crippen molar-refractivity contribution in [3.63, 3.8) is 0 Å². The minimum atomic E-state index is -1.14. The van der Waals surface area contributed by atoms with Crippen LogP contribution in [0.3, 0.4) is 0 Å². The van der Waals surface area contributed by atoms with Crippen molar-refractivity contribution in [3.8, 4) is 0 Å². The second kappa shape index (κ2) is 6.56. The third-order valence-corrected chi connectivity index (χ3v) is 1.99. The van der Waals surface area contributed by atoms with Crippen LogP contribution in [0.5, 0.6) is 0 Å². The maximum atomic E-state index is 11.5. The number of hydrogen-bond donors (Lipinski definition) is 0. The van der Waals surface area contributed by atoms with Gasteiger partial charge in [0.15, 0.2) is 0 Å². The molecule has 0 aromatic heterocycles. The first-order valence-corrected chi connectivity index (χ1v) is 4.32. The van der Waals surface area contributed by atoms with Gasteiger partial charge in [0.25, 0.3) is 0 Å². The Labute approximate surface area is 121 Å². The van der Waals surface area contributed by atoms with E-state index in [0.717, 1.165) is 0 Å². The summed E-state index contributed by atoms with van der Waals surface area (Å²) in [4.78, 5) is 0. The summed E-state index contributed by atoms with van der Waals surface area (Å²) in [6.45, 7) is 3.16. The molecule has 0 atom stereocenters. The summed E-state index contributed by atoms with van der Waals surface area (Å²) in [5, 5.41) is 12.5. The van der Waals surface area contributed by atoms with E-state index in [2.05, 4.69) is 0 Å². The molecule has 5 heteroatoms. The van der Waals surface area contributed by atoms with Crippen molar-refractivity contribution in [2.24, 2.45) is 0 Å². The average Bonchev–Trinajstić information content (AvgIpc) is 1.82. The molecule has 14 heavy (non-hydrogen) atoms. The molecule has 1 aromatic carbocycles. The van der Waals surface area contributed by atoms with E-state index in [1.165, 1.54) is 0 Å². The van der Waals surface area contributed by atoms with E-state index < -0.39 is 5.60 Å². The van der Waals surface area contributed by atoms with Gasteiger partial charge in [-0.25, -0.2) is 0 Å². The third-order valence-electron chi connectivity index (χ3n) is 1.56. The molecule has 0 bridgehead atoms. The fourth-order valence-corrected chi connectivity index (χ4v) is 1.43. The van der Waals surface area contributed by atoms with Gasteiger partial charge < -0.3 is 22.1 Å². The average molecular weight is 308 g/mol. The predicted molar refractivity (Wildman–Crippen MR) is 55.2 cm³/mol. The minimum Gasteiger partial charge on any atom is -1.00 e. The van der Waals surface area contributed by atoms with Crippen LogP contribution >= 0.6 is 23.2 Å². The maximum Gasteiger partial charge on any atom is 2.00 e. The standard InChI is InChI=1S/C9H9Cl2O.BrH.Mg/c1-9(2,12)6-3-7(10)5-8(11)4-6;;/h3-5H,1-2H3;1H;/q-1;;+2/p-1. The Morgan fingerprint density at radius 1 is 1.07 bits per heavy atom. The largest absolute Gasteiger partial charge is 2.00 e. The van der Waals surface area contributed by atoms with Crippen LogP contribution in [-0.4, -0.2) is 23.1 Å². The Morgan fingerprint density at radius 2 is 1.43 bits per heavy atom. The van der Waals surface area contributed by atoms with Gasteiger partial charge in [-0.15, -0.1) is 0 Å². The molecule has 0 spiro atoms. The van der Waals surface area contributed by atoms with E-state index in [1.54, 1.807) is 32.0 Å². The molecular weight excluding hydrogens is 299 g/mol. The number of hydrogen-bond acceptors (Lipinski definition) is 1. The van der Waals surface area contributed by atoms with Crippen molar-refractivity contribution in [2.45, 2.75) is 19.4 Å². The molecular formula is C9H9BrCl2MgO. The van der Waals surface area contributed by atoms with Gasteiger partial charge in [0.1, 0.15) is 0 Å². The second-order valence-electron chi connectivity index (χ2n) is 3.17. The zero-order valence-electron chi connectivity index (χ0n) is 7.98. The molecule has 0 aliphatic heterocycles. The predicted octanol–water partition coefficient (Wildman–Crippen LogP) is -0.788. The molecule has 0 amide bonds. The topological polar surface area (TPSA) is 23.1 Å². The first-order valence-electron chi connectivity index (χ1n) is 3.56. The Bertz CT molecular complexity index is 279. The van der Waals surface area contributed by atoms with Crippen molar-refractivity contribution in [2.75, 3.05) is 0 Å². The molecule has 0 saturated heterocycles. The normalized spacial score (nSPS) is 10.1. The third kappa shape index (κ3) is 5.19. The van der Waals surface area contributed by atoms with Crippen molar-refractivity contribution in [1.82, 2.24) is 0 Å². The molecule has 0 aliphatic carbocycles. The van der Waals surface area contributed by atoms with Crippen molar-refractivity contribution < 1.29 is 22.1 Å². The zero-order chi connectivity index (χ0) is 9.35. The van der Waals surface area contributed by atoms with E-state index in [1.807, 2.05) is 0 Å². The molecule has 0 saturated carbocycles. The molecule has 0 aliphatic rings. The first-order chi connectivity index (χ1) is 5.39. The number of benzene rings is 1. The number of halogens is 3. The number of rotatable bonds is 1. The molecule has 0 radical (unpaired) electrons. The minimum absolute atomic E-state index is 0. The summed E-state index contributed by atoms with van der Waals surface area (Å²) in [5.74, 6) is 0. The molecule has 1 aromatic rings. The molecule has 0 fully saturated rings. The van der Waals surface area contributed by atoms with Gasteiger partial charge in [-0.2, -0.15) is 0 Å². The summed E-state index contributed by atoms with van der Waals surface area (Å²) in [6.07, 6.45) is 0. The summed E-state index contributed by atoms with van der Waals surface area (Å²) in [7, 11) is 0. The van der Waals surface area contributed by atoms with Crippen LogP contribution in [0.4, 0.5) is 0 Å². The van der Waals surface area contributed by atoms with E-state index in [9.17, 15) is 5.11 Å². The molecule has 0 heterocycles. The van der Waals surface area contributed by atoms with Crippen molar-refractivity contribution >= 4 is 46.3 Å². The van der Waals surface area contributed by atoms with Crippen LogP contribution in [0.25, 0.3) is 0 Å². The van der Waals surface area contributed by atoms with E-state index in [4.69, 9.17) is 23.2 Å². The second-order valence-corrected chi connectivity index (χ2v) is 4.04. The van der Waals surface area contributed by atoms with E-state index >= 15 is 0 Å². The van der Waals surface area contributed by atoms with Crippen LogP contribution in [-0.2, 0) is 5.60 Å². The van der Waals surface area contributed by atoms with Crippen LogP contribution in [0.15, 0.2) is 18.2 Å². The van der Waals surface area contributed by atoms with Gasteiger partial charge in [-0.3, -0.25) is 0 Å². The van der Waals surface area contributed by atoms with Gasteiger partial charge in [-0.05, 0) is 18.2 Å². The van der Waals surface area contributed by atoms with Crippen LogP contribution in [0.1, 0.15) is 19.4 Å². The van der Waals surface area contributed by atoms with Gasteiger partial charge >= 0.3 is 23.1 Å². The monoisotopic (exact) mass is 306 g/mol. The molecule has 1 rings (SSSR count). The summed E-state index contributed by atoms with van der Waals surface area (Å²) >= 11 is 11.5. The van der Waals surface area contributed by atoms with Gasteiger partial charge in [0.05, 0.1) is 0 Å². The smallest absolute Gasteiger partial charge is 1.00 e. The van der Waals surface area contributed by atoms with E-state index in [0.29, 0.717) is 15.6 Å². The Hall–Kier alpha value is 1.01. The van der Waals surface area contributed by atoms with Crippen molar-refractivity contribution in [3.05, 3.63) is 33.8 Å². The quantitative estimate of drug-likeness (QED) is 0.624. The maximum absolute atomic E-state index is 11.5. The Morgan fingerprint density at radius 3 is 1.71 bits per heavy atom. The Balaban J connectivity index is 0. The Kier molecular flexibility index (Phi) is 8.15. The molecule has 0 unspecified atom stereocenters. The van der Waals surface area contributed by atoms with Crippen LogP contribution in [0, 0.1) is 0 Å². The van der Waals surface area contributed by atoms with Gasteiger partial charge in [0, 0.05) is 10.0 Å². The summed E-state index contributed by atoms with van der Waals surface area (Å²) < 4.78 is 0. The van der Waals surface area contributed by atoms with Crippen LogP contribution < -0.4 is 22.1 Å². The van der Waals surface area contributed by atoms with Gasteiger partial charge in [-0.1, -0.05) is 48.2 Å². The van der Waals surface area contributed by atoms with Gasteiger partial charge in [0.2, 0.25) is 0 Å². The van der Waals surface area contributed by atoms with Crippen LogP contribution in [0.2, 0.25) is 10.0 Å². The summed E-state index contributed by atoms with van der Waals surface area (Å²) in [5.41, 5.74) is -0.533. The van der Waals surface area contributed by atoms with E-state index in [-0.39, 0.29) is 40.0 Å². The fraction of sp³-hybridized carbons (Fsp3) is 0.333. The zero-order valence-corrected chi connectivity index (χ0v) is 12.5. The first kappa shape index (κ1) is 17.4. The fourth-order valence-electron chi connectivity index (χ4n) is 0.901. The SMILES string of the molecule is CC(C)([O-])c1cc(Cl)cc(Cl)c1.[Br-].[Mg+2]. The molecule has 74 valence electrons. The molecule has 1 nitrogen and oxygen atoms in total.